The van der Waals surface area contributed by atoms with Crippen LogP contribution in [-0.2, 0) is 0 Å². The lowest BCUT2D eigenvalue weighted by molar-refractivity contribution is 0.119. The number of nitrogens with zero attached hydrogens (tertiary/aromatic N) is 3. The summed E-state index contributed by atoms with van der Waals surface area (Å²) in [6.45, 7) is 14.3. The van der Waals surface area contributed by atoms with Gasteiger partial charge in [0.2, 0.25) is 0 Å². The molecule has 1 aliphatic carbocycles. The summed E-state index contributed by atoms with van der Waals surface area (Å²) in [5.41, 5.74) is 0. The van der Waals surface area contributed by atoms with Gasteiger partial charge in [0.1, 0.15) is 0 Å². The maximum atomic E-state index is 4.83. The monoisotopic (exact) mass is 493 g/mol. The Balaban J connectivity index is 0.00000364. The van der Waals surface area contributed by atoms with Gasteiger partial charge < -0.3 is 20.4 Å². The first-order chi connectivity index (χ1) is 12.8. The number of halogens is 1. The van der Waals surface area contributed by atoms with E-state index in [-0.39, 0.29) is 24.0 Å². The SMILES string of the molecule is CCCN(CC)CCN=C(NCC)NC1CCN(C2CCCCC2)CC1.I. The van der Waals surface area contributed by atoms with E-state index in [9.17, 15) is 0 Å². The summed E-state index contributed by atoms with van der Waals surface area (Å²) in [7, 11) is 0. The van der Waals surface area contributed by atoms with Crippen molar-refractivity contribution < 1.29 is 0 Å². The number of guanidine groups is 1. The smallest absolute Gasteiger partial charge is 0.191 e. The van der Waals surface area contributed by atoms with Gasteiger partial charge in [-0.15, -0.1) is 24.0 Å². The first-order valence-electron chi connectivity index (χ1n) is 11.3. The average Bonchev–Trinajstić information content (AvgIpc) is 2.68. The van der Waals surface area contributed by atoms with Crippen LogP contribution in [0.2, 0.25) is 0 Å². The van der Waals surface area contributed by atoms with Crippen molar-refractivity contribution in [2.75, 3.05) is 45.8 Å². The van der Waals surface area contributed by atoms with Gasteiger partial charge in [0.15, 0.2) is 5.96 Å². The van der Waals surface area contributed by atoms with Crippen LogP contribution in [0.4, 0.5) is 0 Å². The van der Waals surface area contributed by atoms with Crippen LogP contribution in [-0.4, -0.2) is 73.7 Å². The molecular formula is C21H44IN5. The third-order valence-electron chi connectivity index (χ3n) is 5.98. The van der Waals surface area contributed by atoms with Crippen molar-refractivity contribution in [3.63, 3.8) is 0 Å². The average molecular weight is 494 g/mol. The first kappa shape index (κ1) is 25.0. The van der Waals surface area contributed by atoms with Crippen LogP contribution >= 0.6 is 24.0 Å². The van der Waals surface area contributed by atoms with Gasteiger partial charge in [0.05, 0.1) is 6.54 Å². The molecule has 27 heavy (non-hydrogen) atoms. The second-order valence-electron chi connectivity index (χ2n) is 7.94. The molecule has 0 amide bonds. The topological polar surface area (TPSA) is 42.9 Å². The molecule has 1 saturated carbocycles. The molecule has 6 heteroatoms. The molecule has 0 radical (unpaired) electrons. The van der Waals surface area contributed by atoms with Crippen LogP contribution in [0.25, 0.3) is 0 Å². The standard InChI is InChI=1S/C21H43N5.HI/c1-4-15-25(6-3)18-14-23-21(22-5-2)24-19-12-16-26(17-13-19)20-10-8-7-9-11-20;/h19-20H,4-18H2,1-3H3,(H2,22,23,24);1H. The highest BCUT2D eigenvalue weighted by Gasteiger charge is 2.26. The van der Waals surface area contributed by atoms with Crippen LogP contribution in [0.3, 0.4) is 0 Å². The predicted molar refractivity (Wildman–Crippen MR) is 128 cm³/mol. The van der Waals surface area contributed by atoms with Crippen LogP contribution in [0.5, 0.6) is 0 Å². The van der Waals surface area contributed by atoms with Gasteiger partial charge in [-0.25, -0.2) is 0 Å². The highest BCUT2D eigenvalue weighted by Crippen LogP contribution is 2.25. The quantitative estimate of drug-likeness (QED) is 0.292. The van der Waals surface area contributed by atoms with E-state index < -0.39 is 0 Å². The minimum Gasteiger partial charge on any atom is -0.357 e. The number of rotatable bonds is 9. The molecular weight excluding hydrogens is 449 g/mol. The Morgan fingerprint density at radius 2 is 1.70 bits per heavy atom. The number of likely N-dealkylation sites (N-methyl/N-ethyl adjacent to an activating group) is 1. The van der Waals surface area contributed by atoms with Crippen LogP contribution in [0.15, 0.2) is 4.99 Å². The number of aliphatic imine (C=N–C) groups is 1. The van der Waals surface area contributed by atoms with E-state index in [4.69, 9.17) is 4.99 Å². The van der Waals surface area contributed by atoms with Gasteiger partial charge >= 0.3 is 0 Å². The summed E-state index contributed by atoms with van der Waals surface area (Å²) in [5, 5.41) is 7.13. The predicted octanol–water partition coefficient (Wildman–Crippen LogP) is 3.69. The fourth-order valence-electron chi connectivity index (χ4n) is 4.42. The number of piperidine rings is 1. The lowest BCUT2D eigenvalue weighted by Gasteiger charge is -2.39. The molecule has 0 aromatic heterocycles. The van der Waals surface area contributed by atoms with Crippen molar-refractivity contribution in [1.29, 1.82) is 0 Å². The lowest BCUT2D eigenvalue weighted by Crippen LogP contribution is -2.51. The molecule has 0 atom stereocenters. The Morgan fingerprint density at radius 1 is 1.00 bits per heavy atom. The minimum absolute atomic E-state index is 0. The van der Waals surface area contributed by atoms with Crippen molar-refractivity contribution >= 4 is 29.9 Å². The number of likely N-dealkylation sites (tertiary alicyclic amines) is 1. The van der Waals surface area contributed by atoms with Gasteiger partial charge in [-0.1, -0.05) is 33.1 Å². The van der Waals surface area contributed by atoms with E-state index in [0.29, 0.717) is 6.04 Å². The fourth-order valence-corrected chi connectivity index (χ4v) is 4.42. The van der Waals surface area contributed by atoms with Crippen molar-refractivity contribution in [2.24, 2.45) is 4.99 Å². The van der Waals surface area contributed by atoms with Crippen LogP contribution in [0, 0.1) is 0 Å². The summed E-state index contributed by atoms with van der Waals surface area (Å²) in [6, 6.07) is 1.44. The highest BCUT2D eigenvalue weighted by atomic mass is 127. The largest absolute Gasteiger partial charge is 0.357 e. The molecule has 0 aromatic rings. The van der Waals surface area contributed by atoms with Gasteiger partial charge in [0.25, 0.3) is 0 Å². The zero-order chi connectivity index (χ0) is 18.6. The Kier molecular flexibility index (Phi) is 13.7. The normalized spacial score (nSPS) is 20.5. The summed E-state index contributed by atoms with van der Waals surface area (Å²) >= 11 is 0. The van der Waals surface area contributed by atoms with E-state index in [1.165, 1.54) is 71.0 Å². The third-order valence-corrected chi connectivity index (χ3v) is 5.98. The number of nitrogens with one attached hydrogen (secondary N) is 2. The molecule has 1 aliphatic heterocycles. The molecule has 1 saturated heterocycles. The van der Waals surface area contributed by atoms with Crippen molar-refractivity contribution in [2.45, 2.75) is 84.2 Å². The molecule has 5 nitrogen and oxygen atoms in total. The molecule has 2 fully saturated rings. The Bertz CT molecular complexity index is 390. The van der Waals surface area contributed by atoms with E-state index in [1.54, 1.807) is 0 Å². The Hall–Kier alpha value is -0.0800. The molecule has 0 unspecified atom stereocenters. The summed E-state index contributed by atoms with van der Waals surface area (Å²) in [4.78, 5) is 10.1. The van der Waals surface area contributed by atoms with E-state index in [0.717, 1.165) is 38.2 Å². The Morgan fingerprint density at radius 3 is 2.30 bits per heavy atom. The van der Waals surface area contributed by atoms with Crippen molar-refractivity contribution in [3.05, 3.63) is 0 Å². The van der Waals surface area contributed by atoms with Gasteiger partial charge in [-0.05, 0) is 52.1 Å². The fraction of sp³-hybridized carbons (Fsp3) is 0.952. The molecule has 0 aromatic carbocycles. The lowest BCUT2D eigenvalue weighted by atomic mass is 9.92. The third kappa shape index (κ3) is 9.31. The maximum absolute atomic E-state index is 4.83. The summed E-state index contributed by atoms with van der Waals surface area (Å²) in [6.07, 6.45) is 10.9. The van der Waals surface area contributed by atoms with Gasteiger partial charge in [-0.3, -0.25) is 4.99 Å². The van der Waals surface area contributed by atoms with E-state index in [1.807, 2.05) is 0 Å². The maximum Gasteiger partial charge on any atom is 0.191 e. The first-order valence-corrected chi connectivity index (χ1v) is 11.3. The molecule has 2 N–H and O–H groups in total. The molecule has 160 valence electrons. The van der Waals surface area contributed by atoms with Gasteiger partial charge in [-0.2, -0.15) is 0 Å². The second kappa shape index (κ2) is 14.9. The number of hydrogen-bond donors (Lipinski definition) is 2. The van der Waals surface area contributed by atoms with Gasteiger partial charge in [0, 0.05) is 38.3 Å². The van der Waals surface area contributed by atoms with E-state index >= 15 is 0 Å². The molecule has 0 spiro atoms. The molecule has 1 heterocycles. The Labute approximate surface area is 185 Å². The minimum atomic E-state index is 0. The highest BCUT2D eigenvalue weighted by molar-refractivity contribution is 14.0. The molecule has 2 rings (SSSR count). The van der Waals surface area contributed by atoms with Crippen LogP contribution in [0.1, 0.15) is 72.1 Å². The molecule has 0 bridgehead atoms. The zero-order valence-corrected chi connectivity index (χ0v) is 20.3. The summed E-state index contributed by atoms with van der Waals surface area (Å²) in [5.74, 6) is 1.01. The van der Waals surface area contributed by atoms with Crippen molar-refractivity contribution in [3.8, 4) is 0 Å². The van der Waals surface area contributed by atoms with E-state index in [2.05, 4.69) is 41.2 Å². The second-order valence-corrected chi connectivity index (χ2v) is 7.94. The number of hydrogen-bond acceptors (Lipinski definition) is 3. The van der Waals surface area contributed by atoms with Crippen molar-refractivity contribution in [1.82, 2.24) is 20.4 Å². The van der Waals surface area contributed by atoms with Crippen LogP contribution < -0.4 is 10.6 Å². The zero-order valence-electron chi connectivity index (χ0n) is 18.0. The molecule has 2 aliphatic rings. The summed E-state index contributed by atoms with van der Waals surface area (Å²) < 4.78 is 0.